The fourth-order valence-electron chi connectivity index (χ4n) is 1.58. The number of nitrogens with zero attached hydrogens (tertiary/aromatic N) is 3. The number of carbonyl (C=O) groups is 1. The lowest BCUT2D eigenvalue weighted by atomic mass is 10.3. The van der Waals surface area contributed by atoms with E-state index in [1.807, 2.05) is 0 Å². The summed E-state index contributed by atoms with van der Waals surface area (Å²) in [6.07, 6.45) is -3.03. The molecule has 0 unspecified atom stereocenters. The number of nitrogens with one attached hydrogen (secondary N) is 1. The first-order valence-corrected chi connectivity index (χ1v) is 6.58. The van der Waals surface area contributed by atoms with Crippen LogP contribution in [0.4, 0.5) is 19.0 Å². The largest absolute Gasteiger partial charge is 0.435 e. The molecular formula is C12H10BrF3N4O. The maximum atomic E-state index is 12.5. The molecule has 2 heterocycles. The maximum Gasteiger partial charge on any atom is 0.435 e. The van der Waals surface area contributed by atoms with E-state index < -0.39 is 17.8 Å². The molecule has 112 valence electrons. The molecular weight excluding hydrogens is 353 g/mol. The highest BCUT2D eigenvalue weighted by atomic mass is 79.9. The molecule has 0 aliphatic heterocycles. The first kappa shape index (κ1) is 15.5. The van der Waals surface area contributed by atoms with Crippen molar-refractivity contribution in [2.75, 3.05) is 5.32 Å². The smallest absolute Gasteiger partial charge is 0.309 e. The van der Waals surface area contributed by atoms with Gasteiger partial charge in [-0.15, -0.1) is 0 Å². The molecule has 0 radical (unpaired) electrons. The Morgan fingerprint density at radius 1 is 1.43 bits per heavy atom. The predicted octanol–water partition coefficient (Wildman–Crippen LogP) is 3.01. The van der Waals surface area contributed by atoms with E-state index in [-0.39, 0.29) is 12.2 Å². The Kier molecular flexibility index (Phi) is 4.31. The second-order valence-electron chi connectivity index (χ2n) is 4.24. The summed E-state index contributed by atoms with van der Waals surface area (Å²) in [7, 11) is 0. The van der Waals surface area contributed by atoms with Gasteiger partial charge in [-0.1, -0.05) is 0 Å². The standard InChI is InChI=1S/C12H10BrF3N4O/c1-7-4-9(12(14,15)16)19-20(7)6-11(21)18-10-3-2-8(13)5-17-10/h2-5H,6H2,1H3,(H,17,18,21). The number of amides is 1. The van der Waals surface area contributed by atoms with Crippen LogP contribution in [0.5, 0.6) is 0 Å². The minimum absolute atomic E-state index is 0.251. The normalized spacial score (nSPS) is 11.5. The molecule has 9 heteroatoms. The third kappa shape index (κ3) is 4.03. The molecule has 0 aliphatic rings. The lowest BCUT2D eigenvalue weighted by molar-refractivity contribution is -0.141. The van der Waals surface area contributed by atoms with Crippen molar-refractivity contribution in [1.82, 2.24) is 14.8 Å². The summed E-state index contributed by atoms with van der Waals surface area (Å²) in [6, 6.07) is 4.15. The highest BCUT2D eigenvalue weighted by molar-refractivity contribution is 9.10. The van der Waals surface area contributed by atoms with Crippen LogP contribution in [0.1, 0.15) is 11.4 Å². The van der Waals surface area contributed by atoms with E-state index in [0.717, 1.165) is 15.2 Å². The zero-order chi connectivity index (χ0) is 15.6. The second-order valence-corrected chi connectivity index (χ2v) is 5.15. The van der Waals surface area contributed by atoms with Crippen molar-refractivity contribution in [1.29, 1.82) is 0 Å². The molecule has 2 rings (SSSR count). The molecule has 21 heavy (non-hydrogen) atoms. The number of hydrogen-bond acceptors (Lipinski definition) is 3. The highest BCUT2D eigenvalue weighted by Gasteiger charge is 2.34. The van der Waals surface area contributed by atoms with Crippen LogP contribution in [0.15, 0.2) is 28.9 Å². The highest BCUT2D eigenvalue weighted by Crippen LogP contribution is 2.28. The van der Waals surface area contributed by atoms with Gasteiger partial charge in [0.1, 0.15) is 12.4 Å². The number of aromatic nitrogens is 3. The minimum atomic E-state index is -4.53. The van der Waals surface area contributed by atoms with E-state index in [9.17, 15) is 18.0 Å². The van der Waals surface area contributed by atoms with Gasteiger partial charge in [-0.2, -0.15) is 18.3 Å². The lowest BCUT2D eigenvalue weighted by Crippen LogP contribution is -2.21. The topological polar surface area (TPSA) is 59.8 Å². The van der Waals surface area contributed by atoms with Gasteiger partial charge in [0.05, 0.1) is 0 Å². The van der Waals surface area contributed by atoms with Gasteiger partial charge in [0.25, 0.3) is 0 Å². The van der Waals surface area contributed by atoms with E-state index >= 15 is 0 Å². The first-order chi connectivity index (χ1) is 9.75. The number of aryl methyl sites for hydroxylation is 1. The fraction of sp³-hybridized carbons (Fsp3) is 0.250. The van der Waals surface area contributed by atoms with Crippen LogP contribution in [0.25, 0.3) is 0 Å². The van der Waals surface area contributed by atoms with Crippen LogP contribution < -0.4 is 5.32 Å². The summed E-state index contributed by atoms with van der Waals surface area (Å²) in [5.41, 5.74) is -0.768. The summed E-state index contributed by atoms with van der Waals surface area (Å²) < 4.78 is 39.3. The van der Waals surface area contributed by atoms with E-state index in [4.69, 9.17) is 0 Å². The Labute approximate surface area is 126 Å². The van der Waals surface area contributed by atoms with Crippen molar-refractivity contribution in [3.8, 4) is 0 Å². The van der Waals surface area contributed by atoms with Gasteiger partial charge in [-0.3, -0.25) is 9.48 Å². The van der Waals surface area contributed by atoms with Crippen molar-refractivity contribution in [2.45, 2.75) is 19.6 Å². The van der Waals surface area contributed by atoms with E-state index in [1.165, 1.54) is 13.1 Å². The SMILES string of the molecule is Cc1cc(C(F)(F)F)nn1CC(=O)Nc1ccc(Br)cn1. The van der Waals surface area contributed by atoms with Crippen LogP contribution in [0, 0.1) is 6.92 Å². The number of hydrogen-bond donors (Lipinski definition) is 1. The Hall–Kier alpha value is -1.90. The van der Waals surface area contributed by atoms with Crippen LogP contribution in [-0.2, 0) is 17.5 Å². The fourth-order valence-corrected chi connectivity index (χ4v) is 1.81. The summed E-state index contributed by atoms with van der Waals surface area (Å²) in [4.78, 5) is 15.7. The number of carbonyl (C=O) groups excluding carboxylic acids is 1. The zero-order valence-electron chi connectivity index (χ0n) is 10.8. The van der Waals surface area contributed by atoms with Gasteiger partial charge in [0.2, 0.25) is 5.91 Å². The van der Waals surface area contributed by atoms with Gasteiger partial charge in [-0.25, -0.2) is 4.98 Å². The molecule has 0 saturated heterocycles. The van der Waals surface area contributed by atoms with E-state index in [1.54, 1.807) is 12.1 Å². The third-order valence-electron chi connectivity index (χ3n) is 2.56. The molecule has 1 N–H and O–H groups in total. The summed E-state index contributed by atoms with van der Waals surface area (Å²) in [5, 5.41) is 5.86. The molecule has 0 aromatic carbocycles. The molecule has 0 saturated carbocycles. The van der Waals surface area contributed by atoms with Crippen molar-refractivity contribution in [2.24, 2.45) is 0 Å². The number of rotatable bonds is 3. The third-order valence-corrected chi connectivity index (χ3v) is 3.03. The molecule has 2 aromatic heterocycles. The van der Waals surface area contributed by atoms with Gasteiger partial charge < -0.3 is 5.32 Å². The zero-order valence-corrected chi connectivity index (χ0v) is 12.4. The van der Waals surface area contributed by atoms with Crippen molar-refractivity contribution in [3.05, 3.63) is 40.3 Å². The van der Waals surface area contributed by atoms with Crippen molar-refractivity contribution >= 4 is 27.7 Å². The van der Waals surface area contributed by atoms with E-state index in [0.29, 0.717) is 5.82 Å². The number of pyridine rings is 1. The maximum absolute atomic E-state index is 12.5. The first-order valence-electron chi connectivity index (χ1n) is 5.79. The van der Waals surface area contributed by atoms with Crippen LogP contribution in [-0.4, -0.2) is 20.7 Å². The van der Waals surface area contributed by atoms with Crippen molar-refractivity contribution < 1.29 is 18.0 Å². The number of alkyl halides is 3. The van der Waals surface area contributed by atoms with Gasteiger partial charge in [-0.05, 0) is 41.1 Å². The van der Waals surface area contributed by atoms with Crippen molar-refractivity contribution in [3.63, 3.8) is 0 Å². The summed E-state index contributed by atoms with van der Waals surface area (Å²) in [5.74, 6) is -0.200. The van der Waals surface area contributed by atoms with Crippen LogP contribution >= 0.6 is 15.9 Å². The second kappa shape index (κ2) is 5.84. The lowest BCUT2D eigenvalue weighted by Gasteiger charge is -2.06. The average molecular weight is 363 g/mol. The summed E-state index contributed by atoms with van der Waals surface area (Å²) in [6.45, 7) is 1.13. The molecule has 0 aliphatic carbocycles. The Balaban J connectivity index is 2.06. The summed E-state index contributed by atoms with van der Waals surface area (Å²) >= 11 is 3.20. The molecule has 0 bridgehead atoms. The Bertz CT molecular complexity index is 652. The Morgan fingerprint density at radius 3 is 2.67 bits per heavy atom. The van der Waals surface area contributed by atoms with Crippen LogP contribution in [0.3, 0.4) is 0 Å². The van der Waals surface area contributed by atoms with Gasteiger partial charge >= 0.3 is 6.18 Å². The number of halogens is 4. The minimum Gasteiger partial charge on any atom is -0.309 e. The molecule has 1 amide bonds. The monoisotopic (exact) mass is 362 g/mol. The predicted molar refractivity (Wildman–Crippen MR) is 72.5 cm³/mol. The van der Waals surface area contributed by atoms with Gasteiger partial charge in [0, 0.05) is 16.4 Å². The Morgan fingerprint density at radius 2 is 2.14 bits per heavy atom. The molecule has 2 aromatic rings. The number of anilines is 1. The molecule has 0 fully saturated rings. The van der Waals surface area contributed by atoms with Gasteiger partial charge in [0.15, 0.2) is 5.69 Å². The quantitative estimate of drug-likeness (QED) is 0.912. The molecule has 0 atom stereocenters. The van der Waals surface area contributed by atoms with Crippen LogP contribution in [0.2, 0.25) is 0 Å². The molecule has 5 nitrogen and oxygen atoms in total. The average Bonchev–Trinajstić information content (AvgIpc) is 2.74. The van der Waals surface area contributed by atoms with E-state index in [2.05, 4.69) is 31.3 Å². The molecule has 0 spiro atoms.